The molecular formula is C14H12BNO3. The Hall–Kier alpha value is -2.29. The van der Waals surface area contributed by atoms with Gasteiger partial charge in [0.15, 0.2) is 0 Å². The minimum Gasteiger partial charge on any atom is -0.489 e. The van der Waals surface area contributed by atoms with Gasteiger partial charge in [0.05, 0.1) is 11.6 Å². The fourth-order valence-electron chi connectivity index (χ4n) is 1.69. The first-order chi connectivity index (χ1) is 9.20. The number of rotatable bonds is 4. The summed E-state index contributed by atoms with van der Waals surface area (Å²) in [4.78, 5) is 0. The standard InChI is InChI=1S/C14H12BNO3/c16-9-12-6-7-13(8-14(12)15(17)18)19-10-11-4-2-1-3-5-11/h1-8,17-18H,10H2. The van der Waals surface area contributed by atoms with E-state index in [1.54, 1.807) is 6.07 Å². The minimum absolute atomic E-state index is 0.146. The van der Waals surface area contributed by atoms with E-state index in [0.29, 0.717) is 12.4 Å². The molecule has 0 fully saturated rings. The minimum atomic E-state index is -1.69. The van der Waals surface area contributed by atoms with Gasteiger partial charge in [0.2, 0.25) is 0 Å². The van der Waals surface area contributed by atoms with Crippen molar-refractivity contribution in [3.8, 4) is 11.8 Å². The quantitative estimate of drug-likeness (QED) is 0.791. The summed E-state index contributed by atoms with van der Waals surface area (Å²) < 4.78 is 5.55. The maximum absolute atomic E-state index is 9.19. The van der Waals surface area contributed by atoms with E-state index in [-0.39, 0.29) is 11.0 Å². The molecule has 0 aliphatic rings. The molecule has 2 aromatic carbocycles. The van der Waals surface area contributed by atoms with Crippen LogP contribution in [0.4, 0.5) is 0 Å². The Bertz CT molecular complexity index is 593. The van der Waals surface area contributed by atoms with Gasteiger partial charge in [0.1, 0.15) is 12.4 Å². The molecule has 0 atom stereocenters. The average molecular weight is 253 g/mol. The molecule has 0 bridgehead atoms. The Labute approximate surface area is 111 Å². The van der Waals surface area contributed by atoms with Gasteiger partial charge in [0, 0.05) is 5.46 Å². The second-order valence-corrected chi connectivity index (χ2v) is 4.01. The predicted octanol–water partition coefficient (Wildman–Crippen LogP) is 0.817. The van der Waals surface area contributed by atoms with Gasteiger partial charge in [-0.2, -0.15) is 5.26 Å². The van der Waals surface area contributed by atoms with Crippen molar-refractivity contribution in [3.63, 3.8) is 0 Å². The molecule has 0 aromatic heterocycles. The molecule has 0 unspecified atom stereocenters. The van der Waals surface area contributed by atoms with Gasteiger partial charge in [-0.3, -0.25) is 0 Å². The summed E-state index contributed by atoms with van der Waals surface area (Å²) in [6, 6.07) is 16.1. The zero-order valence-electron chi connectivity index (χ0n) is 10.2. The number of ether oxygens (including phenoxy) is 1. The van der Waals surface area contributed by atoms with Crippen LogP contribution in [0, 0.1) is 11.3 Å². The van der Waals surface area contributed by atoms with E-state index in [9.17, 15) is 10.0 Å². The zero-order valence-corrected chi connectivity index (χ0v) is 10.2. The fourth-order valence-corrected chi connectivity index (χ4v) is 1.69. The van der Waals surface area contributed by atoms with Gasteiger partial charge in [0.25, 0.3) is 0 Å². The lowest BCUT2D eigenvalue weighted by Crippen LogP contribution is -2.32. The predicted molar refractivity (Wildman–Crippen MR) is 71.8 cm³/mol. The molecule has 0 aliphatic heterocycles. The summed E-state index contributed by atoms with van der Waals surface area (Å²) in [5, 5.41) is 27.2. The van der Waals surface area contributed by atoms with E-state index in [0.717, 1.165) is 5.56 Å². The summed E-state index contributed by atoms with van der Waals surface area (Å²) in [6.45, 7) is 0.383. The van der Waals surface area contributed by atoms with Crippen LogP contribution in [0.25, 0.3) is 0 Å². The van der Waals surface area contributed by atoms with Crippen LogP contribution in [0.15, 0.2) is 48.5 Å². The number of nitriles is 1. The van der Waals surface area contributed by atoms with Crippen molar-refractivity contribution in [1.29, 1.82) is 5.26 Å². The van der Waals surface area contributed by atoms with Crippen LogP contribution in [0.5, 0.6) is 5.75 Å². The lowest BCUT2D eigenvalue weighted by atomic mass is 9.77. The van der Waals surface area contributed by atoms with Crippen molar-refractivity contribution >= 4 is 12.6 Å². The first-order valence-corrected chi connectivity index (χ1v) is 5.77. The van der Waals surface area contributed by atoms with Crippen LogP contribution in [0.3, 0.4) is 0 Å². The van der Waals surface area contributed by atoms with Crippen molar-refractivity contribution in [2.24, 2.45) is 0 Å². The van der Waals surface area contributed by atoms with E-state index in [2.05, 4.69) is 0 Å². The molecule has 0 amide bonds. The highest BCUT2D eigenvalue weighted by Gasteiger charge is 2.16. The normalized spacial score (nSPS) is 9.74. The molecule has 2 aromatic rings. The molecule has 2 N–H and O–H groups in total. The topological polar surface area (TPSA) is 73.5 Å². The average Bonchev–Trinajstić information content (AvgIpc) is 2.46. The largest absolute Gasteiger partial charge is 0.489 e. The van der Waals surface area contributed by atoms with Crippen molar-refractivity contribution in [1.82, 2.24) is 0 Å². The van der Waals surface area contributed by atoms with E-state index < -0.39 is 7.12 Å². The van der Waals surface area contributed by atoms with Crippen molar-refractivity contribution < 1.29 is 14.8 Å². The molecule has 0 aliphatic carbocycles. The molecular weight excluding hydrogens is 241 g/mol. The van der Waals surface area contributed by atoms with E-state index >= 15 is 0 Å². The summed E-state index contributed by atoms with van der Waals surface area (Å²) >= 11 is 0. The molecule has 0 spiro atoms. The molecule has 19 heavy (non-hydrogen) atoms. The lowest BCUT2D eigenvalue weighted by molar-refractivity contribution is 0.306. The molecule has 0 heterocycles. The van der Waals surface area contributed by atoms with Crippen LogP contribution < -0.4 is 10.2 Å². The molecule has 5 heteroatoms. The van der Waals surface area contributed by atoms with Crippen LogP contribution in [-0.4, -0.2) is 17.2 Å². The molecule has 2 rings (SSSR count). The fraction of sp³-hybridized carbons (Fsp3) is 0.0714. The summed E-state index contributed by atoms with van der Waals surface area (Å²) in [5.74, 6) is 0.492. The van der Waals surface area contributed by atoms with Crippen molar-refractivity contribution in [3.05, 3.63) is 59.7 Å². The van der Waals surface area contributed by atoms with Crippen molar-refractivity contribution in [2.75, 3.05) is 0 Å². The van der Waals surface area contributed by atoms with E-state index in [1.807, 2.05) is 36.4 Å². The Morgan fingerprint density at radius 3 is 2.47 bits per heavy atom. The number of hydrogen-bond donors (Lipinski definition) is 2. The van der Waals surface area contributed by atoms with Gasteiger partial charge in [-0.25, -0.2) is 0 Å². The highest BCUT2D eigenvalue weighted by Crippen LogP contribution is 2.13. The van der Waals surface area contributed by atoms with Crippen LogP contribution in [0.2, 0.25) is 0 Å². The van der Waals surface area contributed by atoms with E-state index in [4.69, 9.17) is 10.00 Å². The van der Waals surface area contributed by atoms with Gasteiger partial charge < -0.3 is 14.8 Å². The first kappa shape index (κ1) is 13.2. The third kappa shape index (κ3) is 3.35. The highest BCUT2D eigenvalue weighted by molar-refractivity contribution is 6.59. The zero-order chi connectivity index (χ0) is 13.7. The second kappa shape index (κ2) is 6.05. The number of benzene rings is 2. The van der Waals surface area contributed by atoms with Gasteiger partial charge in [-0.05, 0) is 23.8 Å². The Morgan fingerprint density at radius 2 is 1.84 bits per heavy atom. The van der Waals surface area contributed by atoms with Crippen LogP contribution in [-0.2, 0) is 6.61 Å². The van der Waals surface area contributed by atoms with Crippen LogP contribution in [0.1, 0.15) is 11.1 Å². The Kier molecular flexibility index (Phi) is 4.19. The van der Waals surface area contributed by atoms with Gasteiger partial charge >= 0.3 is 7.12 Å². The third-order valence-electron chi connectivity index (χ3n) is 2.67. The van der Waals surface area contributed by atoms with Gasteiger partial charge in [-0.1, -0.05) is 30.3 Å². The van der Waals surface area contributed by atoms with Crippen molar-refractivity contribution in [2.45, 2.75) is 6.61 Å². The first-order valence-electron chi connectivity index (χ1n) is 5.77. The molecule has 94 valence electrons. The smallest absolute Gasteiger partial charge is 0.489 e. The summed E-state index contributed by atoms with van der Waals surface area (Å²) in [7, 11) is -1.69. The van der Waals surface area contributed by atoms with Gasteiger partial charge in [-0.15, -0.1) is 0 Å². The van der Waals surface area contributed by atoms with E-state index in [1.165, 1.54) is 12.1 Å². The molecule has 0 saturated carbocycles. The summed E-state index contributed by atoms with van der Waals surface area (Å²) in [6.07, 6.45) is 0. The summed E-state index contributed by atoms with van der Waals surface area (Å²) in [5.41, 5.74) is 1.38. The van der Waals surface area contributed by atoms with Crippen LogP contribution >= 0.6 is 0 Å². The Morgan fingerprint density at radius 1 is 1.11 bits per heavy atom. The monoisotopic (exact) mass is 253 g/mol. The molecule has 4 nitrogen and oxygen atoms in total. The molecule has 0 saturated heterocycles. The third-order valence-corrected chi connectivity index (χ3v) is 2.67. The Balaban J connectivity index is 2.14. The SMILES string of the molecule is N#Cc1ccc(OCc2ccccc2)cc1B(O)O. The maximum atomic E-state index is 9.19. The second-order valence-electron chi connectivity index (χ2n) is 4.01. The number of nitrogens with zero attached hydrogens (tertiary/aromatic N) is 1. The lowest BCUT2D eigenvalue weighted by Gasteiger charge is -2.09. The molecule has 0 radical (unpaired) electrons. The highest BCUT2D eigenvalue weighted by atomic mass is 16.5. The maximum Gasteiger partial charge on any atom is 0.489 e. The number of hydrogen-bond acceptors (Lipinski definition) is 4.